The van der Waals surface area contributed by atoms with Crippen molar-refractivity contribution >= 4 is 19.8 Å². The third-order valence-electron chi connectivity index (χ3n) is 7.39. The molecule has 1 atom stereocenters. The molecule has 9 heteroatoms. The molecule has 0 aliphatic heterocycles. The number of allylic oxidation sites excluding steroid dienone is 14. The largest absolute Gasteiger partial charge is 0.469 e. The van der Waals surface area contributed by atoms with E-state index < -0.39 is 32.5 Å². The molecule has 0 bridgehead atoms. The van der Waals surface area contributed by atoms with Crippen molar-refractivity contribution < 1.29 is 37.9 Å². The number of rotatable bonds is 33. The maximum atomic E-state index is 12.3. The number of ether oxygens (including phenoxy) is 2. The lowest BCUT2D eigenvalue weighted by molar-refractivity contribution is -0.161. The highest BCUT2D eigenvalue weighted by Gasteiger charge is 2.22. The van der Waals surface area contributed by atoms with Gasteiger partial charge in [-0.25, -0.2) is 4.57 Å². The quantitative estimate of drug-likeness (QED) is 0.0298. The average molecular weight is 719 g/mol. The van der Waals surface area contributed by atoms with Crippen molar-refractivity contribution in [3.63, 3.8) is 0 Å². The summed E-state index contributed by atoms with van der Waals surface area (Å²) in [7, 11) is -4.78. The van der Waals surface area contributed by atoms with Crippen LogP contribution >= 0.6 is 7.82 Å². The van der Waals surface area contributed by atoms with Crippen molar-refractivity contribution in [3.05, 3.63) is 85.1 Å². The first kappa shape index (κ1) is 47.2. The first-order valence-electron chi connectivity index (χ1n) is 18.9. The van der Waals surface area contributed by atoms with Crippen molar-refractivity contribution in [2.24, 2.45) is 0 Å². The summed E-state index contributed by atoms with van der Waals surface area (Å²) in [5.74, 6) is -1.01. The van der Waals surface area contributed by atoms with Crippen LogP contribution < -0.4 is 0 Å². The molecule has 0 heterocycles. The molecule has 8 nitrogen and oxygen atoms in total. The lowest BCUT2D eigenvalue weighted by atomic mass is 10.1. The van der Waals surface area contributed by atoms with Crippen LogP contribution in [0.5, 0.6) is 0 Å². The van der Waals surface area contributed by atoms with E-state index in [1.54, 1.807) is 0 Å². The number of carbonyl (C=O) groups is 2. The van der Waals surface area contributed by atoms with Crippen LogP contribution in [0.2, 0.25) is 0 Å². The van der Waals surface area contributed by atoms with E-state index in [9.17, 15) is 14.2 Å². The third-order valence-corrected chi connectivity index (χ3v) is 7.87. The Kier molecular flexibility index (Phi) is 34.0. The molecule has 0 radical (unpaired) electrons. The standard InChI is InChI=1S/C41H67O8P/c1-3-5-7-9-11-13-15-17-19-20-22-23-25-27-29-31-33-35-40(42)47-37-39(38-48-50(44,45)46)49-41(43)36-34-32-30-28-26-24-21-18-16-14-12-10-8-6-4-2/h11-14,17-19,21-23,26-29,39H,3-10,15-16,20,24-25,30-38H2,1-2H3,(H2,44,45,46)/b13-11+,14-12+,19-17+,21-18+,23-22+,28-26+,29-27+/t39-/m1/s1. The van der Waals surface area contributed by atoms with Crippen LogP contribution in [0.3, 0.4) is 0 Å². The van der Waals surface area contributed by atoms with Gasteiger partial charge in [0.25, 0.3) is 0 Å². The third kappa shape index (κ3) is 38.0. The van der Waals surface area contributed by atoms with Crippen LogP contribution in [0.1, 0.15) is 142 Å². The monoisotopic (exact) mass is 718 g/mol. The van der Waals surface area contributed by atoms with E-state index in [1.807, 2.05) is 6.08 Å². The SMILES string of the molecule is CCCCC/C=C/C/C=C/C/C=C/C/C=C/CCCC(=O)OC[C@H](COP(=O)(O)O)OC(=O)CCCC/C=C/C/C=C/C/C=C/CCCCC. The van der Waals surface area contributed by atoms with Crippen molar-refractivity contribution in [1.29, 1.82) is 0 Å². The Bertz CT molecular complexity index is 1080. The zero-order valence-electron chi connectivity index (χ0n) is 31.0. The van der Waals surface area contributed by atoms with Crippen molar-refractivity contribution in [2.75, 3.05) is 13.2 Å². The molecule has 0 aromatic heterocycles. The Hall–Kier alpha value is -2.77. The summed E-state index contributed by atoms with van der Waals surface area (Å²) in [5, 5.41) is 0. The van der Waals surface area contributed by atoms with Crippen molar-refractivity contribution in [3.8, 4) is 0 Å². The Balaban J connectivity index is 4.16. The molecule has 0 rings (SSSR count). The molecular weight excluding hydrogens is 651 g/mol. The average Bonchev–Trinajstić information content (AvgIpc) is 3.08. The number of unbranched alkanes of at least 4 members (excludes halogenated alkanes) is 9. The van der Waals surface area contributed by atoms with Gasteiger partial charge in [0.05, 0.1) is 6.61 Å². The normalized spacial score (nSPS) is 13.4. The number of phosphoric ester groups is 1. The lowest BCUT2D eigenvalue weighted by Gasteiger charge is -2.18. The summed E-state index contributed by atoms with van der Waals surface area (Å²) in [6.07, 6.45) is 47.4. The minimum Gasteiger partial charge on any atom is -0.462 e. The summed E-state index contributed by atoms with van der Waals surface area (Å²) in [5.41, 5.74) is 0. The van der Waals surface area contributed by atoms with E-state index in [-0.39, 0.29) is 19.4 Å². The predicted molar refractivity (Wildman–Crippen MR) is 207 cm³/mol. The molecule has 0 aromatic carbocycles. The van der Waals surface area contributed by atoms with Gasteiger partial charge in [0.2, 0.25) is 0 Å². The summed E-state index contributed by atoms with van der Waals surface area (Å²) in [6, 6.07) is 0. The molecule has 0 amide bonds. The van der Waals surface area contributed by atoms with Crippen LogP contribution in [-0.2, 0) is 28.2 Å². The first-order valence-corrected chi connectivity index (χ1v) is 20.4. The van der Waals surface area contributed by atoms with Gasteiger partial charge in [-0.2, -0.15) is 0 Å². The number of esters is 2. The van der Waals surface area contributed by atoms with Gasteiger partial charge in [0, 0.05) is 12.8 Å². The molecule has 0 saturated heterocycles. The van der Waals surface area contributed by atoms with Gasteiger partial charge in [-0.3, -0.25) is 14.1 Å². The maximum Gasteiger partial charge on any atom is 0.469 e. The fraction of sp³-hybridized carbons (Fsp3) is 0.610. The molecular formula is C41H67O8P. The molecule has 284 valence electrons. The van der Waals surface area contributed by atoms with E-state index in [0.717, 1.165) is 57.8 Å². The molecule has 0 unspecified atom stereocenters. The molecule has 0 aliphatic carbocycles. The van der Waals surface area contributed by atoms with Crippen LogP contribution in [-0.4, -0.2) is 41.0 Å². The summed E-state index contributed by atoms with van der Waals surface area (Å²) < 4.78 is 26.2. The molecule has 0 spiro atoms. The van der Waals surface area contributed by atoms with E-state index in [1.165, 1.54) is 44.9 Å². The van der Waals surface area contributed by atoms with Crippen LogP contribution in [0, 0.1) is 0 Å². The second-order valence-corrected chi connectivity index (χ2v) is 13.4. The second-order valence-electron chi connectivity index (χ2n) is 12.2. The van der Waals surface area contributed by atoms with Gasteiger partial charge in [-0.05, 0) is 89.9 Å². The Morgan fingerprint density at radius 3 is 1.32 bits per heavy atom. The molecule has 0 aliphatic rings. The zero-order valence-corrected chi connectivity index (χ0v) is 31.9. The van der Waals surface area contributed by atoms with Gasteiger partial charge in [-0.1, -0.05) is 125 Å². The van der Waals surface area contributed by atoms with Gasteiger partial charge >= 0.3 is 19.8 Å². The number of hydrogen-bond acceptors (Lipinski definition) is 6. The van der Waals surface area contributed by atoms with Crippen molar-refractivity contribution in [1.82, 2.24) is 0 Å². The summed E-state index contributed by atoms with van der Waals surface area (Å²) >= 11 is 0. The second kappa shape index (κ2) is 36.0. The van der Waals surface area contributed by atoms with E-state index >= 15 is 0 Å². The summed E-state index contributed by atoms with van der Waals surface area (Å²) in [6.45, 7) is 3.52. The van der Waals surface area contributed by atoms with Gasteiger partial charge in [-0.15, -0.1) is 0 Å². The summed E-state index contributed by atoms with van der Waals surface area (Å²) in [4.78, 5) is 42.7. The van der Waals surface area contributed by atoms with Crippen LogP contribution in [0.15, 0.2) is 85.1 Å². The minimum absolute atomic E-state index is 0.147. The predicted octanol–water partition coefficient (Wildman–Crippen LogP) is 11.3. The lowest BCUT2D eigenvalue weighted by Crippen LogP contribution is -2.29. The topological polar surface area (TPSA) is 119 Å². The molecule has 0 aromatic rings. The number of carbonyl (C=O) groups excluding carboxylic acids is 2. The smallest absolute Gasteiger partial charge is 0.462 e. The molecule has 2 N–H and O–H groups in total. The minimum atomic E-state index is -4.78. The fourth-order valence-corrected chi connectivity index (χ4v) is 4.91. The number of hydrogen-bond donors (Lipinski definition) is 2. The highest BCUT2D eigenvalue weighted by atomic mass is 31.2. The Morgan fingerprint density at radius 1 is 0.520 bits per heavy atom. The number of phosphoric acid groups is 1. The highest BCUT2D eigenvalue weighted by molar-refractivity contribution is 7.46. The van der Waals surface area contributed by atoms with E-state index in [2.05, 4.69) is 97.4 Å². The highest BCUT2D eigenvalue weighted by Crippen LogP contribution is 2.35. The van der Waals surface area contributed by atoms with E-state index in [4.69, 9.17) is 19.3 Å². The van der Waals surface area contributed by atoms with Gasteiger partial charge in [0.15, 0.2) is 6.10 Å². The molecule has 0 fully saturated rings. The molecule has 50 heavy (non-hydrogen) atoms. The van der Waals surface area contributed by atoms with Crippen LogP contribution in [0.25, 0.3) is 0 Å². The van der Waals surface area contributed by atoms with Gasteiger partial charge in [0.1, 0.15) is 6.61 Å². The Morgan fingerprint density at radius 2 is 0.900 bits per heavy atom. The Labute approximate surface area is 303 Å². The van der Waals surface area contributed by atoms with E-state index in [0.29, 0.717) is 12.8 Å². The van der Waals surface area contributed by atoms with Crippen LogP contribution in [0.4, 0.5) is 0 Å². The maximum absolute atomic E-state index is 12.3. The zero-order chi connectivity index (χ0) is 36.8. The van der Waals surface area contributed by atoms with Crippen molar-refractivity contribution in [2.45, 2.75) is 148 Å². The van der Waals surface area contributed by atoms with Gasteiger partial charge < -0.3 is 19.3 Å². The fourth-order valence-electron chi connectivity index (χ4n) is 4.55. The first-order chi connectivity index (χ1) is 24.3. The molecule has 0 saturated carbocycles.